The van der Waals surface area contributed by atoms with Crippen LogP contribution in [0.2, 0.25) is 0 Å². The van der Waals surface area contributed by atoms with E-state index in [2.05, 4.69) is 20.3 Å². The Balaban J connectivity index is 2.57. The van der Waals surface area contributed by atoms with E-state index in [4.69, 9.17) is 5.11 Å². The highest BCUT2D eigenvalue weighted by Gasteiger charge is 2.16. The van der Waals surface area contributed by atoms with Crippen LogP contribution < -0.4 is 11.0 Å². The van der Waals surface area contributed by atoms with Crippen LogP contribution in [0, 0.1) is 0 Å². The number of hydrogen-bond donors (Lipinski definition) is 4. The minimum absolute atomic E-state index is 0.355. The molecule has 0 spiro atoms. The number of hydrogen-bond acceptors (Lipinski definition) is 4. The number of nitrogens with one attached hydrogen (secondary N) is 3. The monoisotopic (exact) mass is 154 g/mol. The van der Waals surface area contributed by atoms with Crippen LogP contribution in [0.25, 0.3) is 0 Å². The third-order valence-corrected chi connectivity index (χ3v) is 1.44. The third-order valence-electron chi connectivity index (χ3n) is 1.44. The fraction of sp³-hybridized carbons (Fsp3) is 0.200. The maximum atomic E-state index is 10.7. The zero-order chi connectivity index (χ0) is 7.84. The van der Waals surface area contributed by atoms with Gasteiger partial charge in [0.05, 0.1) is 6.34 Å². The standard InChI is InChI=1S/C5H6N4O2/c10-4-2-3(6-1-7-4)9-5(11)8-2/h1,4,10H,(H,6,7)(H2,8,9,11). The molecule has 0 aliphatic carbocycles. The highest BCUT2D eigenvalue weighted by Crippen LogP contribution is 2.19. The second-order valence-corrected chi connectivity index (χ2v) is 2.16. The quantitative estimate of drug-likeness (QED) is 0.392. The molecule has 2 rings (SSSR count). The van der Waals surface area contributed by atoms with Crippen LogP contribution in [0.3, 0.4) is 0 Å². The van der Waals surface area contributed by atoms with Gasteiger partial charge in [-0.05, 0) is 0 Å². The second-order valence-electron chi connectivity index (χ2n) is 2.16. The molecule has 0 aromatic carbocycles. The molecule has 6 heteroatoms. The van der Waals surface area contributed by atoms with Crippen molar-refractivity contribution >= 4 is 12.2 Å². The van der Waals surface area contributed by atoms with E-state index in [9.17, 15) is 4.79 Å². The number of rotatable bonds is 0. The number of aromatic nitrogens is 2. The minimum Gasteiger partial charge on any atom is -0.367 e. The molecule has 6 nitrogen and oxygen atoms in total. The van der Waals surface area contributed by atoms with Gasteiger partial charge in [0.25, 0.3) is 0 Å². The Bertz CT molecular complexity index is 350. The molecule has 0 radical (unpaired) electrons. The van der Waals surface area contributed by atoms with Crippen molar-refractivity contribution in [3.8, 4) is 0 Å². The number of aliphatic hydroxyl groups excluding tert-OH is 1. The van der Waals surface area contributed by atoms with E-state index >= 15 is 0 Å². The molecule has 1 aromatic heterocycles. The topological polar surface area (TPSA) is 93.3 Å². The van der Waals surface area contributed by atoms with Crippen molar-refractivity contribution in [1.29, 1.82) is 0 Å². The molecule has 0 saturated carbocycles. The van der Waals surface area contributed by atoms with Gasteiger partial charge in [-0.3, -0.25) is 4.98 Å². The highest BCUT2D eigenvalue weighted by atomic mass is 16.3. The number of fused-ring (bicyclic) bond motifs is 1. The smallest absolute Gasteiger partial charge is 0.324 e. The zero-order valence-corrected chi connectivity index (χ0v) is 5.46. The molecule has 58 valence electrons. The number of imidazole rings is 1. The molecular weight excluding hydrogens is 148 g/mol. The number of nitrogens with zero attached hydrogens (tertiary/aromatic N) is 1. The number of anilines is 1. The number of aliphatic imine (C=N–C) groups is 1. The first-order valence-corrected chi connectivity index (χ1v) is 3.06. The lowest BCUT2D eigenvalue weighted by molar-refractivity contribution is 0.184. The fourth-order valence-corrected chi connectivity index (χ4v) is 0.951. The Morgan fingerprint density at radius 1 is 1.55 bits per heavy atom. The molecule has 11 heavy (non-hydrogen) atoms. The van der Waals surface area contributed by atoms with Gasteiger partial charge in [-0.25, -0.2) is 9.79 Å². The SMILES string of the molecule is O=c1[nH]c2c([nH]1)C(O)N=CN2. The Labute approximate surface area is 61.0 Å². The molecule has 1 aliphatic rings. The van der Waals surface area contributed by atoms with Crippen LogP contribution in [-0.4, -0.2) is 21.4 Å². The molecule has 1 aliphatic heterocycles. The van der Waals surface area contributed by atoms with Crippen molar-refractivity contribution < 1.29 is 5.11 Å². The molecule has 0 saturated heterocycles. The van der Waals surface area contributed by atoms with E-state index in [1.54, 1.807) is 0 Å². The number of aromatic amines is 2. The summed E-state index contributed by atoms with van der Waals surface area (Å²) >= 11 is 0. The third kappa shape index (κ3) is 0.838. The lowest BCUT2D eigenvalue weighted by Crippen LogP contribution is -2.09. The molecule has 1 atom stereocenters. The summed E-state index contributed by atoms with van der Waals surface area (Å²) in [7, 11) is 0. The van der Waals surface area contributed by atoms with Gasteiger partial charge in [-0.15, -0.1) is 0 Å². The van der Waals surface area contributed by atoms with E-state index in [0.717, 1.165) is 0 Å². The van der Waals surface area contributed by atoms with Crippen molar-refractivity contribution in [3.05, 3.63) is 16.2 Å². The first-order valence-electron chi connectivity index (χ1n) is 3.06. The lowest BCUT2D eigenvalue weighted by atomic mass is 10.3. The van der Waals surface area contributed by atoms with E-state index in [1.807, 2.05) is 0 Å². The summed E-state index contributed by atoms with van der Waals surface area (Å²) in [6.45, 7) is 0. The molecule has 0 amide bonds. The van der Waals surface area contributed by atoms with Crippen molar-refractivity contribution in [2.45, 2.75) is 6.23 Å². The average Bonchev–Trinajstić information content (AvgIpc) is 2.31. The van der Waals surface area contributed by atoms with Crippen LogP contribution in [0.4, 0.5) is 5.82 Å². The summed E-state index contributed by atoms with van der Waals surface area (Å²) in [5.74, 6) is 0.470. The lowest BCUT2D eigenvalue weighted by Gasteiger charge is -2.10. The van der Waals surface area contributed by atoms with Gasteiger partial charge in [0.15, 0.2) is 6.23 Å². The van der Waals surface area contributed by atoms with Crippen molar-refractivity contribution in [2.75, 3.05) is 5.32 Å². The molecule has 0 fully saturated rings. The van der Waals surface area contributed by atoms with Gasteiger partial charge in [0.2, 0.25) is 0 Å². The van der Waals surface area contributed by atoms with Crippen molar-refractivity contribution in [3.63, 3.8) is 0 Å². The van der Waals surface area contributed by atoms with Gasteiger partial charge in [-0.2, -0.15) is 0 Å². The Kier molecular flexibility index (Phi) is 1.10. The Hall–Kier alpha value is -1.56. The normalized spacial score (nSPS) is 21.0. The van der Waals surface area contributed by atoms with Gasteiger partial charge < -0.3 is 15.4 Å². The van der Waals surface area contributed by atoms with Crippen LogP contribution in [0.5, 0.6) is 0 Å². The maximum absolute atomic E-state index is 10.7. The summed E-state index contributed by atoms with van der Waals surface area (Å²) < 4.78 is 0. The Morgan fingerprint density at radius 2 is 2.36 bits per heavy atom. The molecule has 1 aromatic rings. The van der Waals surface area contributed by atoms with Crippen molar-refractivity contribution in [1.82, 2.24) is 9.97 Å². The molecule has 1 unspecified atom stereocenters. The number of H-pyrrole nitrogens is 2. The van der Waals surface area contributed by atoms with E-state index in [-0.39, 0.29) is 5.69 Å². The first-order chi connectivity index (χ1) is 5.27. The van der Waals surface area contributed by atoms with Gasteiger partial charge in [0.1, 0.15) is 11.5 Å². The summed E-state index contributed by atoms with van der Waals surface area (Å²) in [5.41, 5.74) is 0.0181. The van der Waals surface area contributed by atoms with E-state index < -0.39 is 6.23 Å². The van der Waals surface area contributed by atoms with Crippen LogP contribution in [0.1, 0.15) is 11.9 Å². The van der Waals surface area contributed by atoms with Gasteiger partial charge in [0, 0.05) is 0 Å². The number of aliphatic hydroxyl groups is 1. The van der Waals surface area contributed by atoms with Gasteiger partial charge in [-0.1, -0.05) is 0 Å². The highest BCUT2D eigenvalue weighted by molar-refractivity contribution is 5.77. The van der Waals surface area contributed by atoms with Crippen LogP contribution in [0.15, 0.2) is 9.79 Å². The summed E-state index contributed by atoms with van der Waals surface area (Å²) in [6.07, 6.45) is 0.363. The van der Waals surface area contributed by atoms with Crippen molar-refractivity contribution in [2.24, 2.45) is 4.99 Å². The van der Waals surface area contributed by atoms with Crippen LogP contribution in [-0.2, 0) is 0 Å². The largest absolute Gasteiger partial charge is 0.367 e. The Morgan fingerprint density at radius 3 is 3.09 bits per heavy atom. The zero-order valence-electron chi connectivity index (χ0n) is 5.46. The summed E-state index contributed by atoms with van der Waals surface area (Å²) in [5, 5.41) is 11.8. The summed E-state index contributed by atoms with van der Waals surface area (Å²) in [4.78, 5) is 19.2. The minimum atomic E-state index is -0.967. The van der Waals surface area contributed by atoms with Gasteiger partial charge >= 0.3 is 5.69 Å². The average molecular weight is 154 g/mol. The van der Waals surface area contributed by atoms with E-state index in [1.165, 1.54) is 6.34 Å². The molecular formula is C5H6N4O2. The van der Waals surface area contributed by atoms with Crippen LogP contribution >= 0.6 is 0 Å². The second kappa shape index (κ2) is 1.96. The molecule has 2 heterocycles. The predicted octanol–water partition coefficient (Wildman–Crippen LogP) is -0.852. The van der Waals surface area contributed by atoms with E-state index in [0.29, 0.717) is 11.5 Å². The predicted molar refractivity (Wildman–Crippen MR) is 38.5 cm³/mol. The summed E-state index contributed by atoms with van der Waals surface area (Å²) in [6, 6.07) is 0. The molecule has 4 N–H and O–H groups in total. The maximum Gasteiger partial charge on any atom is 0.324 e. The molecule has 0 bridgehead atoms. The fourth-order valence-electron chi connectivity index (χ4n) is 0.951. The first kappa shape index (κ1) is 6.17.